The van der Waals surface area contributed by atoms with Gasteiger partial charge in [0.05, 0.1) is 0 Å². The van der Waals surface area contributed by atoms with Crippen molar-refractivity contribution in [2.75, 3.05) is 19.7 Å². The molecule has 0 radical (unpaired) electrons. The number of hydrogen-bond donors (Lipinski definition) is 1. The predicted molar refractivity (Wildman–Crippen MR) is 85.5 cm³/mol. The first-order valence-corrected chi connectivity index (χ1v) is 7.65. The predicted octanol–water partition coefficient (Wildman–Crippen LogP) is 3.03. The summed E-state index contributed by atoms with van der Waals surface area (Å²) in [6, 6.07) is 3.53. The minimum atomic E-state index is -1.02. The fourth-order valence-electron chi connectivity index (χ4n) is 2.37. The van der Waals surface area contributed by atoms with Gasteiger partial charge in [-0.25, -0.2) is 4.79 Å². The van der Waals surface area contributed by atoms with Crippen LogP contribution >= 0.6 is 0 Å². The molecule has 22 heavy (non-hydrogen) atoms. The Kier molecular flexibility index (Phi) is 6.89. The van der Waals surface area contributed by atoms with E-state index < -0.39 is 5.97 Å². The molecule has 0 heterocycles. The summed E-state index contributed by atoms with van der Waals surface area (Å²) in [6.45, 7) is 8.76. The Morgan fingerprint density at radius 2 is 1.77 bits per heavy atom. The number of aliphatic carboxylic acids is 1. The highest BCUT2D eigenvalue weighted by Crippen LogP contribution is 2.25. The molecule has 0 aromatic heterocycles. The lowest BCUT2D eigenvalue weighted by Gasteiger charge is -2.22. The van der Waals surface area contributed by atoms with Gasteiger partial charge in [-0.05, 0) is 50.5 Å². The van der Waals surface area contributed by atoms with E-state index in [1.165, 1.54) is 0 Å². The van der Waals surface area contributed by atoms with Crippen molar-refractivity contribution in [3.63, 3.8) is 0 Å². The molecular weight excluding hydrogens is 282 g/mol. The van der Waals surface area contributed by atoms with Gasteiger partial charge in [0.1, 0.15) is 5.75 Å². The third-order valence-electron chi connectivity index (χ3n) is 3.50. The third kappa shape index (κ3) is 4.76. The number of carbonyl (C=O) groups excluding carboxylic acids is 1. The maximum atomic E-state index is 12.6. The Labute approximate surface area is 131 Å². The van der Waals surface area contributed by atoms with Crippen molar-refractivity contribution in [1.82, 2.24) is 4.90 Å². The molecule has 0 atom stereocenters. The Morgan fingerprint density at radius 3 is 2.23 bits per heavy atom. The molecular formula is C17H25NO4. The largest absolute Gasteiger partial charge is 0.481 e. The molecule has 1 rings (SSSR count). The molecule has 1 amide bonds. The van der Waals surface area contributed by atoms with Crippen molar-refractivity contribution >= 4 is 11.9 Å². The molecule has 0 spiro atoms. The summed E-state index contributed by atoms with van der Waals surface area (Å²) in [4.78, 5) is 25.0. The number of rotatable bonds is 8. The zero-order valence-corrected chi connectivity index (χ0v) is 13.8. The Bertz CT molecular complexity index is 516. The maximum Gasteiger partial charge on any atom is 0.341 e. The van der Waals surface area contributed by atoms with Gasteiger partial charge in [0.2, 0.25) is 0 Å². The van der Waals surface area contributed by atoms with Crippen LogP contribution < -0.4 is 4.74 Å². The van der Waals surface area contributed by atoms with Crippen molar-refractivity contribution in [3.8, 4) is 5.75 Å². The van der Waals surface area contributed by atoms with E-state index in [-0.39, 0.29) is 12.5 Å². The number of aryl methyl sites for hydroxylation is 2. The molecule has 0 fully saturated rings. The molecule has 0 aliphatic rings. The first kappa shape index (κ1) is 18.0. The second-order valence-corrected chi connectivity index (χ2v) is 5.36. The molecule has 1 aromatic carbocycles. The number of hydrogen-bond acceptors (Lipinski definition) is 3. The summed E-state index contributed by atoms with van der Waals surface area (Å²) in [6.07, 6.45) is 2.03. The zero-order valence-electron chi connectivity index (χ0n) is 13.8. The van der Waals surface area contributed by atoms with Crippen LogP contribution in [0.25, 0.3) is 0 Å². The zero-order chi connectivity index (χ0) is 16.7. The molecule has 1 N–H and O–H groups in total. The van der Waals surface area contributed by atoms with E-state index in [0.717, 1.165) is 30.5 Å². The molecule has 0 aliphatic carbocycles. The molecule has 0 bridgehead atoms. The Morgan fingerprint density at radius 1 is 1.18 bits per heavy atom. The first-order chi connectivity index (χ1) is 10.4. The quantitative estimate of drug-likeness (QED) is 0.801. The molecule has 5 nitrogen and oxygen atoms in total. The SMILES string of the molecule is CCCCN(CC)C(=O)c1cc(C)c(OCC(=O)O)c(C)c1. The lowest BCUT2D eigenvalue weighted by molar-refractivity contribution is -0.139. The van der Waals surface area contributed by atoms with Crippen LogP contribution in [-0.2, 0) is 4.79 Å². The molecule has 122 valence electrons. The number of benzene rings is 1. The van der Waals surface area contributed by atoms with E-state index in [4.69, 9.17) is 9.84 Å². The standard InChI is InChI=1S/C17H25NO4/c1-5-7-8-18(6-2)17(21)14-9-12(3)16(13(4)10-14)22-11-15(19)20/h9-10H,5-8,11H2,1-4H3,(H,19,20). The summed E-state index contributed by atoms with van der Waals surface area (Å²) in [5.74, 6) is -0.474. The van der Waals surface area contributed by atoms with Crippen LogP contribution in [0.5, 0.6) is 5.75 Å². The van der Waals surface area contributed by atoms with Crippen LogP contribution in [0, 0.1) is 13.8 Å². The lowest BCUT2D eigenvalue weighted by atomic mass is 10.0. The first-order valence-electron chi connectivity index (χ1n) is 7.65. The number of ether oxygens (including phenoxy) is 1. The van der Waals surface area contributed by atoms with Crippen LogP contribution in [0.15, 0.2) is 12.1 Å². The Hall–Kier alpha value is -2.04. The van der Waals surface area contributed by atoms with Gasteiger partial charge < -0.3 is 14.7 Å². The van der Waals surface area contributed by atoms with Crippen molar-refractivity contribution < 1.29 is 19.4 Å². The van der Waals surface area contributed by atoms with Crippen LogP contribution in [0.1, 0.15) is 48.2 Å². The Balaban J connectivity index is 2.96. The normalized spacial score (nSPS) is 10.4. The fourth-order valence-corrected chi connectivity index (χ4v) is 2.37. The minimum Gasteiger partial charge on any atom is -0.481 e. The lowest BCUT2D eigenvalue weighted by Crippen LogP contribution is -2.31. The number of amides is 1. The average Bonchev–Trinajstić information content (AvgIpc) is 2.46. The molecule has 5 heteroatoms. The number of unbranched alkanes of at least 4 members (excludes halogenated alkanes) is 1. The van der Waals surface area contributed by atoms with Gasteiger partial charge in [-0.3, -0.25) is 4.79 Å². The monoisotopic (exact) mass is 307 g/mol. The molecule has 0 saturated carbocycles. The number of nitrogens with zero attached hydrogens (tertiary/aromatic N) is 1. The van der Waals surface area contributed by atoms with Crippen molar-refractivity contribution in [2.24, 2.45) is 0 Å². The highest BCUT2D eigenvalue weighted by atomic mass is 16.5. The summed E-state index contributed by atoms with van der Waals surface area (Å²) in [5.41, 5.74) is 2.17. The van der Waals surface area contributed by atoms with Crippen molar-refractivity contribution in [3.05, 3.63) is 28.8 Å². The van der Waals surface area contributed by atoms with Gasteiger partial charge in [-0.2, -0.15) is 0 Å². The van der Waals surface area contributed by atoms with Gasteiger partial charge in [0.25, 0.3) is 5.91 Å². The van der Waals surface area contributed by atoms with Gasteiger partial charge in [0.15, 0.2) is 6.61 Å². The highest BCUT2D eigenvalue weighted by molar-refractivity contribution is 5.95. The summed E-state index contributed by atoms with van der Waals surface area (Å²) in [5, 5.41) is 8.70. The van der Waals surface area contributed by atoms with Crippen LogP contribution in [0.3, 0.4) is 0 Å². The highest BCUT2D eigenvalue weighted by Gasteiger charge is 2.17. The summed E-state index contributed by atoms with van der Waals surface area (Å²) >= 11 is 0. The van der Waals surface area contributed by atoms with Crippen LogP contribution in [-0.4, -0.2) is 41.6 Å². The van der Waals surface area contributed by atoms with Crippen LogP contribution in [0.2, 0.25) is 0 Å². The van der Waals surface area contributed by atoms with Gasteiger partial charge in [-0.15, -0.1) is 0 Å². The maximum absolute atomic E-state index is 12.6. The van der Waals surface area contributed by atoms with E-state index in [1.54, 1.807) is 12.1 Å². The topological polar surface area (TPSA) is 66.8 Å². The fraction of sp³-hybridized carbons (Fsp3) is 0.529. The number of carboxylic acids is 1. The summed E-state index contributed by atoms with van der Waals surface area (Å²) < 4.78 is 5.29. The van der Waals surface area contributed by atoms with Crippen molar-refractivity contribution in [2.45, 2.75) is 40.5 Å². The second kappa shape index (κ2) is 8.41. The van der Waals surface area contributed by atoms with Gasteiger partial charge >= 0.3 is 5.97 Å². The molecule has 0 aliphatic heterocycles. The smallest absolute Gasteiger partial charge is 0.341 e. The van der Waals surface area contributed by atoms with Crippen LogP contribution in [0.4, 0.5) is 0 Å². The molecule has 0 saturated heterocycles. The van der Waals surface area contributed by atoms with Gasteiger partial charge in [-0.1, -0.05) is 13.3 Å². The summed E-state index contributed by atoms with van der Waals surface area (Å²) in [7, 11) is 0. The second-order valence-electron chi connectivity index (χ2n) is 5.36. The van der Waals surface area contributed by atoms with E-state index in [0.29, 0.717) is 17.9 Å². The van der Waals surface area contributed by atoms with Crippen molar-refractivity contribution in [1.29, 1.82) is 0 Å². The van der Waals surface area contributed by atoms with E-state index in [1.807, 2.05) is 25.7 Å². The van der Waals surface area contributed by atoms with E-state index in [9.17, 15) is 9.59 Å². The van der Waals surface area contributed by atoms with E-state index in [2.05, 4.69) is 6.92 Å². The molecule has 1 aromatic rings. The molecule has 0 unspecified atom stereocenters. The third-order valence-corrected chi connectivity index (χ3v) is 3.50. The van der Waals surface area contributed by atoms with E-state index >= 15 is 0 Å². The van der Waals surface area contributed by atoms with Gasteiger partial charge in [0, 0.05) is 18.7 Å². The average molecular weight is 307 g/mol. The minimum absolute atomic E-state index is 0.00642. The number of carbonyl (C=O) groups is 2. The number of carboxylic acid groups (broad SMARTS) is 1.